The lowest BCUT2D eigenvalue weighted by molar-refractivity contribution is 0.0946. The Balaban J connectivity index is 1.61. The molecule has 1 aromatic carbocycles. The highest BCUT2D eigenvalue weighted by Gasteiger charge is 2.36. The Hall–Kier alpha value is -2.47. The van der Waals surface area contributed by atoms with Gasteiger partial charge in [-0.15, -0.1) is 11.3 Å². The van der Waals surface area contributed by atoms with Crippen LogP contribution >= 0.6 is 11.3 Å². The van der Waals surface area contributed by atoms with E-state index in [1.165, 1.54) is 40.6 Å². The predicted octanol–water partition coefficient (Wildman–Crippen LogP) is 3.55. The molecule has 1 aliphatic carbocycles. The summed E-state index contributed by atoms with van der Waals surface area (Å²) in [5.41, 5.74) is 1.92. The van der Waals surface area contributed by atoms with Crippen LogP contribution in [0.15, 0.2) is 41.5 Å². The third kappa shape index (κ3) is 3.08. The number of rotatable bonds is 4. The number of nitrogens with one attached hydrogen (secondary N) is 1. The quantitative estimate of drug-likeness (QED) is 0.752. The molecule has 0 unspecified atom stereocenters. The van der Waals surface area contributed by atoms with Crippen LogP contribution in [0.25, 0.3) is 10.2 Å². The van der Waals surface area contributed by atoms with E-state index in [9.17, 15) is 9.59 Å². The minimum atomic E-state index is -0.111. The molecule has 1 fully saturated rings. The minimum Gasteiger partial charge on any atom is -0.350 e. The second kappa shape index (κ2) is 6.93. The summed E-state index contributed by atoms with van der Waals surface area (Å²) in [6.45, 7) is 2.45. The van der Waals surface area contributed by atoms with E-state index < -0.39 is 0 Å². The van der Waals surface area contributed by atoms with Crippen molar-refractivity contribution in [2.24, 2.45) is 7.05 Å². The molecule has 2 heterocycles. The van der Waals surface area contributed by atoms with Crippen LogP contribution in [-0.4, -0.2) is 22.0 Å². The van der Waals surface area contributed by atoms with Crippen LogP contribution in [0, 0.1) is 6.92 Å². The van der Waals surface area contributed by atoms with E-state index in [-0.39, 0.29) is 16.9 Å². The number of hydrogen-bond donors (Lipinski definition) is 1. The molecular weight excluding hydrogens is 358 g/mol. The second-order valence-corrected chi connectivity index (χ2v) is 8.43. The Bertz CT molecular complexity index is 1050. The molecule has 5 nitrogen and oxygen atoms in total. The highest BCUT2D eigenvalue weighted by molar-refractivity contribution is 7.20. The summed E-state index contributed by atoms with van der Waals surface area (Å²) in [7, 11) is 1.68. The van der Waals surface area contributed by atoms with E-state index in [2.05, 4.69) is 34.6 Å². The fourth-order valence-corrected chi connectivity index (χ4v) is 5.22. The second-order valence-electron chi connectivity index (χ2n) is 7.43. The van der Waals surface area contributed by atoms with Crippen molar-refractivity contribution in [2.45, 2.75) is 38.0 Å². The lowest BCUT2D eigenvalue weighted by Gasteiger charge is -2.30. The van der Waals surface area contributed by atoms with Crippen molar-refractivity contribution in [1.29, 1.82) is 0 Å². The fraction of sp³-hybridized carbons (Fsp3) is 0.381. The van der Waals surface area contributed by atoms with Crippen LogP contribution in [0.2, 0.25) is 0 Å². The van der Waals surface area contributed by atoms with Crippen LogP contribution in [0.4, 0.5) is 0 Å². The van der Waals surface area contributed by atoms with Gasteiger partial charge in [0.1, 0.15) is 4.83 Å². The van der Waals surface area contributed by atoms with Crippen molar-refractivity contribution in [3.05, 3.63) is 63.0 Å². The molecule has 1 aliphatic rings. The zero-order valence-electron chi connectivity index (χ0n) is 15.6. The lowest BCUT2D eigenvalue weighted by Crippen LogP contribution is -2.39. The number of hydrogen-bond acceptors (Lipinski definition) is 4. The van der Waals surface area contributed by atoms with Crippen LogP contribution in [0.1, 0.15) is 46.5 Å². The summed E-state index contributed by atoms with van der Waals surface area (Å²) in [6.07, 6.45) is 6.06. The number of carbonyl (C=O) groups is 1. The van der Waals surface area contributed by atoms with E-state index in [0.29, 0.717) is 21.6 Å². The third-order valence-corrected chi connectivity index (χ3v) is 6.95. The Kier molecular flexibility index (Phi) is 4.60. The van der Waals surface area contributed by atoms with Crippen LogP contribution < -0.4 is 10.9 Å². The molecule has 0 atom stereocenters. The first-order valence-corrected chi connectivity index (χ1v) is 10.1. The maximum Gasteiger partial charge on any atom is 0.262 e. The normalized spacial score (nSPS) is 15.9. The molecule has 4 rings (SSSR count). The average molecular weight is 382 g/mol. The molecule has 0 radical (unpaired) electrons. The van der Waals surface area contributed by atoms with Crippen LogP contribution in [-0.2, 0) is 12.5 Å². The van der Waals surface area contributed by atoms with Crippen molar-refractivity contribution >= 4 is 27.5 Å². The molecule has 0 saturated heterocycles. The number of benzene rings is 1. The van der Waals surface area contributed by atoms with Crippen molar-refractivity contribution in [1.82, 2.24) is 14.9 Å². The highest BCUT2D eigenvalue weighted by atomic mass is 32.1. The van der Waals surface area contributed by atoms with Gasteiger partial charge in [-0.25, -0.2) is 4.98 Å². The van der Waals surface area contributed by atoms with Crippen molar-refractivity contribution in [3.63, 3.8) is 0 Å². The number of thiophene rings is 1. The molecule has 140 valence electrons. The van der Waals surface area contributed by atoms with Crippen LogP contribution in [0.5, 0.6) is 0 Å². The van der Waals surface area contributed by atoms with Crippen molar-refractivity contribution in [3.8, 4) is 0 Å². The lowest BCUT2D eigenvalue weighted by atomic mass is 9.79. The summed E-state index contributed by atoms with van der Waals surface area (Å²) >= 11 is 1.30. The first kappa shape index (κ1) is 17.9. The average Bonchev–Trinajstić information content (AvgIpc) is 3.30. The number of carbonyl (C=O) groups excluding carboxylic acids is 1. The molecule has 1 amide bonds. The van der Waals surface area contributed by atoms with E-state index in [1.807, 2.05) is 13.0 Å². The van der Waals surface area contributed by atoms with Crippen molar-refractivity contribution < 1.29 is 4.79 Å². The Labute approximate surface area is 162 Å². The molecule has 27 heavy (non-hydrogen) atoms. The largest absolute Gasteiger partial charge is 0.350 e. The number of nitrogens with zero attached hydrogens (tertiary/aromatic N) is 2. The molecule has 0 bridgehead atoms. The maximum absolute atomic E-state index is 12.9. The number of fused-ring (bicyclic) bond motifs is 1. The van der Waals surface area contributed by atoms with Gasteiger partial charge in [0.2, 0.25) is 0 Å². The summed E-state index contributed by atoms with van der Waals surface area (Å²) < 4.78 is 1.45. The van der Waals surface area contributed by atoms with E-state index in [1.54, 1.807) is 7.05 Å². The van der Waals surface area contributed by atoms with E-state index in [4.69, 9.17) is 0 Å². The van der Waals surface area contributed by atoms with Gasteiger partial charge in [0.15, 0.2) is 0 Å². The van der Waals surface area contributed by atoms with Gasteiger partial charge in [0, 0.05) is 19.0 Å². The molecule has 1 saturated carbocycles. The summed E-state index contributed by atoms with van der Waals surface area (Å²) in [5.74, 6) is -0.111. The Morgan fingerprint density at radius 2 is 1.96 bits per heavy atom. The van der Waals surface area contributed by atoms with Crippen molar-refractivity contribution in [2.75, 3.05) is 6.54 Å². The molecule has 3 aromatic rings. The smallest absolute Gasteiger partial charge is 0.262 e. The monoisotopic (exact) mass is 381 g/mol. The van der Waals surface area contributed by atoms with Gasteiger partial charge >= 0.3 is 0 Å². The summed E-state index contributed by atoms with van der Waals surface area (Å²) in [6, 6.07) is 10.5. The van der Waals surface area contributed by atoms with Gasteiger partial charge in [0.25, 0.3) is 11.5 Å². The summed E-state index contributed by atoms with van der Waals surface area (Å²) in [5, 5.41) is 3.70. The Morgan fingerprint density at radius 1 is 1.26 bits per heavy atom. The zero-order valence-corrected chi connectivity index (χ0v) is 16.4. The molecule has 0 spiro atoms. The number of aromatic nitrogens is 2. The molecule has 0 aliphatic heterocycles. The fourth-order valence-electron chi connectivity index (χ4n) is 4.17. The SMILES string of the molecule is Cc1c(C(=O)NCC2(c3ccccc3)CCCC2)sc2ncn(C)c(=O)c12. The standard InChI is InChI=1S/C21H23N3O2S/c1-14-16-19(23-13-24(2)20(16)26)27-17(14)18(25)22-12-21(10-6-7-11-21)15-8-4-3-5-9-15/h3-5,8-9,13H,6-7,10-12H2,1-2H3,(H,22,25). The third-order valence-electron chi connectivity index (χ3n) is 5.75. The van der Waals surface area contributed by atoms with Gasteiger partial charge in [-0.2, -0.15) is 0 Å². The van der Waals surface area contributed by atoms with Gasteiger partial charge in [-0.1, -0.05) is 43.2 Å². The topological polar surface area (TPSA) is 64.0 Å². The Morgan fingerprint density at radius 3 is 2.67 bits per heavy atom. The molecular formula is C21H23N3O2S. The van der Waals surface area contributed by atoms with Gasteiger partial charge in [-0.05, 0) is 30.9 Å². The number of amides is 1. The van der Waals surface area contributed by atoms with Gasteiger partial charge in [-0.3, -0.25) is 9.59 Å². The number of aryl methyl sites for hydroxylation is 2. The molecule has 1 N–H and O–H groups in total. The van der Waals surface area contributed by atoms with Gasteiger partial charge in [0.05, 0.1) is 16.6 Å². The molecule has 6 heteroatoms. The zero-order chi connectivity index (χ0) is 19.0. The first-order chi connectivity index (χ1) is 13.0. The minimum absolute atomic E-state index is 0.00981. The van der Waals surface area contributed by atoms with E-state index in [0.717, 1.165) is 18.4 Å². The first-order valence-electron chi connectivity index (χ1n) is 9.30. The predicted molar refractivity (Wildman–Crippen MR) is 109 cm³/mol. The summed E-state index contributed by atoms with van der Waals surface area (Å²) in [4.78, 5) is 30.8. The maximum atomic E-state index is 12.9. The van der Waals surface area contributed by atoms with Crippen LogP contribution in [0.3, 0.4) is 0 Å². The molecule has 2 aromatic heterocycles. The van der Waals surface area contributed by atoms with Gasteiger partial charge < -0.3 is 9.88 Å². The van der Waals surface area contributed by atoms with E-state index >= 15 is 0 Å². The highest BCUT2D eigenvalue weighted by Crippen LogP contribution is 2.40.